The molecule has 0 aliphatic carbocycles. The normalized spacial score (nSPS) is 12.1. The molecule has 5 nitrogen and oxygen atoms in total. The summed E-state index contributed by atoms with van der Waals surface area (Å²) in [6, 6.07) is 0. The third-order valence-corrected chi connectivity index (χ3v) is 15.3. The van der Waals surface area contributed by atoms with Gasteiger partial charge in [-0.25, -0.2) is 0 Å². The minimum Gasteiger partial charge on any atom is -0.462 e. The van der Waals surface area contributed by atoms with Crippen LogP contribution < -0.4 is 0 Å². The second-order valence-electron chi connectivity index (χ2n) is 22.6. The molecule has 0 saturated heterocycles. The third kappa shape index (κ3) is 61.1. The topological polar surface area (TPSA) is 72.8 Å². The number of carbonyl (C=O) groups excluding carboxylic acids is 2. The van der Waals surface area contributed by atoms with E-state index in [0.29, 0.717) is 12.8 Å². The van der Waals surface area contributed by atoms with Crippen molar-refractivity contribution < 1.29 is 24.2 Å². The molecule has 1 unspecified atom stereocenters. The van der Waals surface area contributed by atoms with Gasteiger partial charge in [-0.2, -0.15) is 0 Å². The molecule has 1 N–H and O–H groups in total. The third-order valence-electron chi connectivity index (χ3n) is 15.3. The number of esters is 2. The largest absolute Gasteiger partial charge is 0.462 e. The highest BCUT2D eigenvalue weighted by atomic mass is 16.6. The molecule has 0 aromatic heterocycles. The number of rotatable bonds is 62. The van der Waals surface area contributed by atoms with Crippen LogP contribution in [0.4, 0.5) is 0 Å². The molecular weight excluding hydrogens is 873 g/mol. The molecule has 0 aromatic carbocycles. The van der Waals surface area contributed by atoms with Gasteiger partial charge in [0.05, 0.1) is 6.61 Å². The van der Waals surface area contributed by atoms with E-state index in [-0.39, 0.29) is 25.2 Å². The number of unbranched alkanes of at least 4 members (excludes halogenated alkanes) is 52. The lowest BCUT2D eigenvalue weighted by Gasteiger charge is -2.15. The zero-order valence-corrected chi connectivity index (χ0v) is 48.5. The zero-order valence-electron chi connectivity index (χ0n) is 48.5. The van der Waals surface area contributed by atoms with Crippen molar-refractivity contribution in [1.82, 2.24) is 0 Å². The van der Waals surface area contributed by atoms with Crippen molar-refractivity contribution in [1.29, 1.82) is 0 Å². The number of hydrogen-bond acceptors (Lipinski definition) is 5. The Morgan fingerprint density at radius 3 is 0.761 bits per heavy atom. The second-order valence-corrected chi connectivity index (χ2v) is 22.6. The van der Waals surface area contributed by atoms with Crippen LogP contribution in [0.15, 0.2) is 12.2 Å². The fraction of sp³-hybridized carbons (Fsp3) is 0.939. The van der Waals surface area contributed by atoms with Crippen molar-refractivity contribution in [3.05, 3.63) is 12.2 Å². The first-order chi connectivity index (χ1) is 35.1. The second kappa shape index (κ2) is 62.9. The van der Waals surface area contributed by atoms with Crippen molar-refractivity contribution in [2.75, 3.05) is 13.2 Å². The number of allylic oxidation sites excluding steroid dienone is 2. The van der Waals surface area contributed by atoms with Gasteiger partial charge in [0.25, 0.3) is 0 Å². The number of carbonyl (C=O) groups is 2. The summed E-state index contributed by atoms with van der Waals surface area (Å²) in [6.07, 6.45) is 79.6. The Kier molecular flexibility index (Phi) is 61.7. The Balaban J connectivity index is 3.34. The predicted molar refractivity (Wildman–Crippen MR) is 312 cm³/mol. The summed E-state index contributed by atoms with van der Waals surface area (Å²) in [5.41, 5.74) is 0. The maximum absolute atomic E-state index is 12.3. The van der Waals surface area contributed by atoms with Gasteiger partial charge in [-0.1, -0.05) is 341 Å². The highest BCUT2D eigenvalue weighted by Crippen LogP contribution is 2.19. The Labute approximate surface area is 445 Å². The molecule has 0 rings (SSSR count). The highest BCUT2D eigenvalue weighted by molar-refractivity contribution is 5.70. The van der Waals surface area contributed by atoms with E-state index in [0.717, 1.165) is 32.1 Å². The van der Waals surface area contributed by atoms with Gasteiger partial charge in [0.1, 0.15) is 6.61 Å². The Morgan fingerprint density at radius 2 is 0.521 bits per heavy atom. The van der Waals surface area contributed by atoms with Gasteiger partial charge in [0, 0.05) is 12.8 Å². The first-order valence-corrected chi connectivity index (χ1v) is 32.7. The monoisotopic (exact) mass is 1000 g/mol. The molecule has 0 spiro atoms. The van der Waals surface area contributed by atoms with Gasteiger partial charge in [-0.3, -0.25) is 9.59 Å². The molecule has 0 amide bonds. The number of aliphatic hydroxyl groups excluding tert-OH is 1. The van der Waals surface area contributed by atoms with Crippen molar-refractivity contribution in [2.45, 2.75) is 386 Å². The SMILES string of the molecule is CCCCCCCCC/C=C\CCCCCCCCCC(=O)OC(CO)COC(=O)CCCCCCCCCCCCCCCCCCCCCCCCCCCCCCCCCCCCCCCCC. The van der Waals surface area contributed by atoms with Crippen LogP contribution in [-0.4, -0.2) is 36.4 Å². The van der Waals surface area contributed by atoms with Crippen LogP contribution in [0.25, 0.3) is 0 Å². The Bertz CT molecular complexity index is 1040. The first-order valence-electron chi connectivity index (χ1n) is 32.7. The average Bonchev–Trinajstić information content (AvgIpc) is 3.37. The maximum atomic E-state index is 12.3. The average molecular weight is 1000 g/mol. The molecule has 0 aliphatic heterocycles. The van der Waals surface area contributed by atoms with Crippen molar-refractivity contribution in [3.63, 3.8) is 0 Å². The van der Waals surface area contributed by atoms with Gasteiger partial charge >= 0.3 is 11.9 Å². The summed E-state index contributed by atoms with van der Waals surface area (Å²) in [5, 5.41) is 9.66. The first kappa shape index (κ1) is 69.6. The molecule has 0 fully saturated rings. The van der Waals surface area contributed by atoms with Crippen LogP contribution in [-0.2, 0) is 19.1 Å². The van der Waals surface area contributed by atoms with E-state index < -0.39 is 6.10 Å². The van der Waals surface area contributed by atoms with Gasteiger partial charge in [0.15, 0.2) is 6.10 Å². The highest BCUT2D eigenvalue weighted by Gasteiger charge is 2.16. The summed E-state index contributed by atoms with van der Waals surface area (Å²) in [4.78, 5) is 24.5. The maximum Gasteiger partial charge on any atom is 0.306 e. The van der Waals surface area contributed by atoms with Crippen LogP contribution in [0.2, 0.25) is 0 Å². The number of aliphatic hydroxyl groups is 1. The molecule has 0 aromatic rings. The van der Waals surface area contributed by atoms with Crippen molar-refractivity contribution in [2.24, 2.45) is 0 Å². The van der Waals surface area contributed by atoms with Gasteiger partial charge in [-0.05, 0) is 38.5 Å². The lowest BCUT2D eigenvalue weighted by atomic mass is 10.0. The Morgan fingerprint density at radius 1 is 0.310 bits per heavy atom. The summed E-state index contributed by atoms with van der Waals surface area (Å²) >= 11 is 0. The van der Waals surface area contributed by atoms with Crippen LogP contribution in [0, 0.1) is 0 Å². The van der Waals surface area contributed by atoms with Crippen LogP contribution in [0.1, 0.15) is 380 Å². The standard InChI is InChI=1S/C66H128O5/c1-3-5-7-9-11-13-15-17-19-21-23-24-25-26-27-28-29-30-31-32-33-34-35-36-37-38-39-40-41-42-43-45-46-48-50-52-54-56-58-60-65(68)70-63-64(62-67)71-66(69)61-59-57-55-53-51-49-47-44-22-20-18-16-14-12-10-8-6-4-2/h20,22,64,67H,3-19,21,23-63H2,1-2H3/b22-20-. The molecule has 0 aliphatic rings. The molecule has 0 heterocycles. The van der Waals surface area contributed by atoms with E-state index in [1.165, 1.54) is 321 Å². The molecular formula is C66H128O5. The minimum atomic E-state index is -0.770. The number of hydrogen-bond donors (Lipinski definition) is 1. The van der Waals surface area contributed by atoms with Crippen LogP contribution in [0.5, 0.6) is 0 Å². The van der Waals surface area contributed by atoms with E-state index in [2.05, 4.69) is 26.0 Å². The van der Waals surface area contributed by atoms with E-state index in [9.17, 15) is 14.7 Å². The molecule has 5 heteroatoms. The molecule has 0 saturated carbocycles. The summed E-state index contributed by atoms with van der Waals surface area (Å²) in [7, 11) is 0. The lowest BCUT2D eigenvalue weighted by molar-refractivity contribution is -0.161. The Hall–Kier alpha value is -1.36. The molecule has 422 valence electrons. The van der Waals surface area contributed by atoms with E-state index >= 15 is 0 Å². The summed E-state index contributed by atoms with van der Waals surface area (Å²) < 4.78 is 10.7. The molecule has 0 radical (unpaired) electrons. The lowest BCUT2D eigenvalue weighted by Crippen LogP contribution is -2.28. The molecule has 1 atom stereocenters. The number of ether oxygens (including phenoxy) is 2. The molecule has 0 bridgehead atoms. The van der Waals surface area contributed by atoms with Gasteiger partial charge in [-0.15, -0.1) is 0 Å². The fourth-order valence-electron chi connectivity index (χ4n) is 10.4. The summed E-state index contributed by atoms with van der Waals surface area (Å²) in [6.45, 7) is 4.19. The summed E-state index contributed by atoms with van der Waals surface area (Å²) in [5.74, 6) is -0.573. The predicted octanol–water partition coefficient (Wildman–Crippen LogP) is 22.3. The van der Waals surface area contributed by atoms with Crippen molar-refractivity contribution >= 4 is 11.9 Å². The molecule has 71 heavy (non-hydrogen) atoms. The smallest absolute Gasteiger partial charge is 0.306 e. The van der Waals surface area contributed by atoms with Crippen molar-refractivity contribution in [3.8, 4) is 0 Å². The van der Waals surface area contributed by atoms with E-state index in [4.69, 9.17) is 9.47 Å². The van der Waals surface area contributed by atoms with Crippen LogP contribution >= 0.6 is 0 Å². The fourth-order valence-corrected chi connectivity index (χ4v) is 10.4. The zero-order chi connectivity index (χ0) is 51.3. The minimum absolute atomic E-state index is 0.0604. The van der Waals surface area contributed by atoms with Gasteiger partial charge < -0.3 is 14.6 Å². The van der Waals surface area contributed by atoms with E-state index in [1.54, 1.807) is 0 Å². The van der Waals surface area contributed by atoms with Crippen LogP contribution in [0.3, 0.4) is 0 Å². The van der Waals surface area contributed by atoms with E-state index in [1.807, 2.05) is 0 Å². The quantitative estimate of drug-likeness (QED) is 0.0373. The van der Waals surface area contributed by atoms with Gasteiger partial charge in [0.2, 0.25) is 0 Å².